The molecule has 0 aliphatic carbocycles. The number of aryl methyl sites for hydroxylation is 1. The predicted molar refractivity (Wildman–Crippen MR) is 122 cm³/mol. The Bertz CT molecular complexity index is 1000. The zero-order valence-corrected chi connectivity index (χ0v) is 18.8. The van der Waals surface area contributed by atoms with Gasteiger partial charge in [-0.15, -0.1) is 11.3 Å². The minimum atomic E-state index is -0.118. The molecule has 1 aromatic heterocycles. The molecule has 0 fully saturated rings. The second-order valence-corrected chi connectivity index (χ2v) is 8.63. The van der Waals surface area contributed by atoms with E-state index < -0.39 is 0 Å². The number of hydrogen-bond acceptors (Lipinski definition) is 4. The van der Waals surface area contributed by atoms with Crippen LogP contribution in [-0.4, -0.2) is 48.9 Å². The third-order valence-corrected chi connectivity index (χ3v) is 6.44. The van der Waals surface area contributed by atoms with Crippen molar-refractivity contribution in [1.82, 2.24) is 9.88 Å². The molecule has 0 aliphatic heterocycles. The minimum absolute atomic E-state index is 0.0129. The molecule has 0 aliphatic rings. The van der Waals surface area contributed by atoms with Crippen molar-refractivity contribution in [1.29, 1.82) is 0 Å². The molecule has 0 radical (unpaired) electrons. The Morgan fingerprint density at radius 3 is 2.57 bits per heavy atom. The second kappa shape index (κ2) is 9.82. The molecule has 1 unspecified atom stereocenters. The van der Waals surface area contributed by atoms with Crippen molar-refractivity contribution >= 4 is 39.1 Å². The maximum Gasteiger partial charge on any atom is 0.279 e. The zero-order chi connectivity index (χ0) is 21.7. The van der Waals surface area contributed by atoms with Crippen LogP contribution in [0, 0.1) is 0 Å². The average Bonchev–Trinajstić information content (AvgIpc) is 3.17. The average molecular weight is 426 g/mol. The van der Waals surface area contributed by atoms with Gasteiger partial charge in [0.2, 0.25) is 0 Å². The molecule has 7 heteroatoms. The topological polar surface area (TPSA) is 66.7 Å². The van der Waals surface area contributed by atoms with Crippen LogP contribution < -0.4 is 10.2 Å². The number of thiazole rings is 1. The lowest BCUT2D eigenvalue weighted by Crippen LogP contribution is -3.11. The zero-order valence-electron chi connectivity index (χ0n) is 17.9. The number of nitrogens with zero attached hydrogens (tertiary/aromatic N) is 2. The van der Waals surface area contributed by atoms with Crippen molar-refractivity contribution in [3.63, 3.8) is 0 Å². The molecule has 30 heavy (non-hydrogen) atoms. The molecule has 3 aromatic rings. The van der Waals surface area contributed by atoms with Crippen LogP contribution in [0.1, 0.15) is 30.5 Å². The molecule has 0 saturated heterocycles. The van der Waals surface area contributed by atoms with Gasteiger partial charge in [-0.05, 0) is 37.1 Å². The number of amides is 2. The van der Waals surface area contributed by atoms with Crippen LogP contribution in [0.3, 0.4) is 0 Å². The number of rotatable bonds is 8. The minimum Gasteiger partial charge on any atom is -0.332 e. The molecule has 6 nitrogen and oxygen atoms in total. The number of anilines is 1. The first-order valence-corrected chi connectivity index (χ1v) is 11.0. The fourth-order valence-corrected chi connectivity index (χ4v) is 4.38. The van der Waals surface area contributed by atoms with E-state index in [9.17, 15) is 9.59 Å². The van der Waals surface area contributed by atoms with Gasteiger partial charge < -0.3 is 15.1 Å². The van der Waals surface area contributed by atoms with E-state index in [0.29, 0.717) is 0 Å². The molecule has 2 aromatic carbocycles. The summed E-state index contributed by atoms with van der Waals surface area (Å²) in [7, 11) is 3.66. The summed E-state index contributed by atoms with van der Waals surface area (Å²) in [6.07, 6.45) is 0.853. The number of fused-ring (bicyclic) bond motifs is 1. The third kappa shape index (κ3) is 5.23. The van der Waals surface area contributed by atoms with Gasteiger partial charge in [0.15, 0.2) is 13.1 Å². The van der Waals surface area contributed by atoms with Crippen molar-refractivity contribution in [3.8, 4) is 0 Å². The summed E-state index contributed by atoms with van der Waals surface area (Å²) in [6.45, 7) is 4.52. The van der Waals surface area contributed by atoms with Gasteiger partial charge in [0.05, 0.1) is 23.3 Å². The molecule has 0 bridgehead atoms. The first kappa shape index (κ1) is 21.9. The van der Waals surface area contributed by atoms with Crippen LogP contribution in [0.2, 0.25) is 0 Å². The van der Waals surface area contributed by atoms with Crippen molar-refractivity contribution in [2.45, 2.75) is 26.3 Å². The van der Waals surface area contributed by atoms with Crippen LogP contribution in [0.5, 0.6) is 0 Å². The Labute approximate surface area is 181 Å². The van der Waals surface area contributed by atoms with Gasteiger partial charge in [-0.1, -0.05) is 37.3 Å². The number of carbonyl (C=O) groups excluding carboxylic acids is 2. The monoisotopic (exact) mass is 425 g/mol. The number of quaternary nitrogens is 1. The van der Waals surface area contributed by atoms with Crippen LogP contribution in [0.25, 0.3) is 10.2 Å². The third-order valence-electron chi connectivity index (χ3n) is 5.23. The van der Waals surface area contributed by atoms with Gasteiger partial charge in [0.1, 0.15) is 5.01 Å². The number of likely N-dealkylation sites (N-methyl/N-ethyl adjacent to an activating group) is 2. The van der Waals surface area contributed by atoms with E-state index in [1.54, 1.807) is 23.3 Å². The first-order chi connectivity index (χ1) is 14.4. The SMILES string of the molecule is CCc1ccccc1NC(=O)C[NH+](C)CC(=O)N(C)[C@H](C)c1nc2ccccc2s1. The molecular formula is C23H29N4O2S+. The largest absolute Gasteiger partial charge is 0.332 e. The normalized spacial score (nSPS) is 13.1. The molecule has 0 saturated carbocycles. The van der Waals surface area contributed by atoms with E-state index in [1.807, 2.05) is 62.5 Å². The number of aromatic nitrogens is 1. The van der Waals surface area contributed by atoms with E-state index in [-0.39, 0.29) is 30.9 Å². The van der Waals surface area contributed by atoms with Gasteiger partial charge in [0.25, 0.3) is 11.8 Å². The highest BCUT2D eigenvalue weighted by Gasteiger charge is 2.24. The smallest absolute Gasteiger partial charge is 0.279 e. The summed E-state index contributed by atoms with van der Waals surface area (Å²) in [5.74, 6) is -0.107. The Balaban J connectivity index is 1.55. The lowest BCUT2D eigenvalue weighted by atomic mass is 10.1. The Kier molecular flexibility index (Phi) is 7.18. The molecule has 2 amide bonds. The maximum absolute atomic E-state index is 12.8. The summed E-state index contributed by atoms with van der Waals surface area (Å²) >= 11 is 1.61. The lowest BCUT2D eigenvalue weighted by molar-refractivity contribution is -0.862. The highest BCUT2D eigenvalue weighted by molar-refractivity contribution is 7.18. The highest BCUT2D eigenvalue weighted by Crippen LogP contribution is 2.28. The van der Waals surface area contributed by atoms with Crippen molar-refractivity contribution in [3.05, 3.63) is 59.1 Å². The summed E-state index contributed by atoms with van der Waals surface area (Å²) < 4.78 is 1.12. The maximum atomic E-state index is 12.8. The van der Waals surface area contributed by atoms with Crippen molar-refractivity contribution < 1.29 is 14.5 Å². The first-order valence-electron chi connectivity index (χ1n) is 10.2. The highest BCUT2D eigenvalue weighted by atomic mass is 32.1. The van der Waals surface area contributed by atoms with Crippen LogP contribution in [-0.2, 0) is 16.0 Å². The molecule has 1 heterocycles. The number of carbonyl (C=O) groups is 2. The number of benzene rings is 2. The number of nitrogens with one attached hydrogen (secondary N) is 2. The molecule has 158 valence electrons. The van der Waals surface area contributed by atoms with E-state index in [0.717, 1.165) is 37.8 Å². The van der Waals surface area contributed by atoms with E-state index in [4.69, 9.17) is 0 Å². The van der Waals surface area contributed by atoms with Crippen LogP contribution >= 0.6 is 11.3 Å². The van der Waals surface area contributed by atoms with Gasteiger partial charge in [0, 0.05) is 12.7 Å². The summed E-state index contributed by atoms with van der Waals surface area (Å²) in [4.78, 5) is 32.4. The van der Waals surface area contributed by atoms with Gasteiger partial charge in [-0.25, -0.2) is 4.98 Å². The van der Waals surface area contributed by atoms with Gasteiger partial charge in [-0.2, -0.15) is 0 Å². The quantitative estimate of drug-likeness (QED) is 0.583. The Hall–Kier alpha value is -2.77. The van der Waals surface area contributed by atoms with Crippen molar-refractivity contribution in [2.75, 3.05) is 32.5 Å². The molecule has 3 rings (SSSR count). The Morgan fingerprint density at radius 1 is 1.13 bits per heavy atom. The predicted octanol–water partition coefficient (Wildman–Crippen LogP) is 2.53. The van der Waals surface area contributed by atoms with Gasteiger partial charge >= 0.3 is 0 Å². The second-order valence-electron chi connectivity index (χ2n) is 7.57. The van der Waals surface area contributed by atoms with Crippen molar-refractivity contribution in [2.24, 2.45) is 0 Å². The summed E-state index contributed by atoms with van der Waals surface area (Å²) in [5, 5.41) is 3.88. The van der Waals surface area contributed by atoms with E-state index in [1.165, 1.54) is 0 Å². The standard InChI is InChI=1S/C23H28N4O2S/c1-5-17-10-6-7-11-18(17)24-21(28)14-26(3)15-22(29)27(4)16(2)23-25-19-12-8-9-13-20(19)30-23/h6-13,16H,5,14-15H2,1-4H3,(H,24,28)/p+1/t16-/m1/s1. The molecule has 0 spiro atoms. The van der Waals surface area contributed by atoms with E-state index >= 15 is 0 Å². The van der Waals surface area contributed by atoms with Crippen LogP contribution in [0.4, 0.5) is 5.69 Å². The fourth-order valence-electron chi connectivity index (χ4n) is 3.31. The molecule has 2 atom stereocenters. The van der Waals surface area contributed by atoms with Gasteiger partial charge in [-0.3, -0.25) is 9.59 Å². The van der Waals surface area contributed by atoms with Crippen LogP contribution in [0.15, 0.2) is 48.5 Å². The Morgan fingerprint density at radius 2 is 1.83 bits per heavy atom. The van der Waals surface area contributed by atoms with E-state index in [2.05, 4.69) is 17.2 Å². The number of hydrogen-bond donors (Lipinski definition) is 2. The molecular weight excluding hydrogens is 396 g/mol. The summed E-state index contributed by atoms with van der Waals surface area (Å²) in [5.41, 5.74) is 2.90. The fraction of sp³-hybridized carbons (Fsp3) is 0.348. The molecule has 2 N–H and O–H groups in total. The summed E-state index contributed by atoms with van der Waals surface area (Å²) in [6, 6.07) is 15.7. The number of para-hydroxylation sites is 2. The lowest BCUT2D eigenvalue weighted by Gasteiger charge is -2.24.